The highest BCUT2D eigenvalue weighted by Gasteiger charge is 2.40. The van der Waals surface area contributed by atoms with Crippen LogP contribution in [0.4, 0.5) is 27.8 Å². The molecule has 1 rings (SSSR count). The Morgan fingerprint density at radius 1 is 1.38 bits per heavy atom. The van der Waals surface area contributed by atoms with Gasteiger partial charge < -0.3 is 14.9 Å². The van der Waals surface area contributed by atoms with Crippen molar-refractivity contribution in [1.82, 2.24) is 4.98 Å². The number of halogens is 6. The lowest BCUT2D eigenvalue weighted by Crippen LogP contribution is -2.20. The van der Waals surface area contributed by atoms with Crippen molar-refractivity contribution in [3.63, 3.8) is 0 Å². The van der Waals surface area contributed by atoms with Crippen LogP contribution in [-0.4, -0.2) is 24.7 Å². The van der Waals surface area contributed by atoms with Crippen molar-refractivity contribution in [2.75, 3.05) is 0 Å². The summed E-state index contributed by atoms with van der Waals surface area (Å²) in [5, 5.41) is 10.4. The van der Waals surface area contributed by atoms with Crippen molar-refractivity contribution < 1.29 is 40.0 Å². The lowest BCUT2D eigenvalue weighted by molar-refractivity contribution is -0.390. The average molecular weight is 357 g/mol. The first-order valence-corrected chi connectivity index (χ1v) is 6.81. The standard InChI is InChI=1S/C7H2ClF5N2O5S/c8-21(18,19)2-1-3(15(16)17)14-4(6(9)10)5(2)20-7(11,12)13/h1,6H. The Kier molecular flexibility index (Phi) is 4.57. The number of alkyl halides is 5. The SMILES string of the molecule is O=[N+]([O-])c1cc(S(=O)(=O)Cl)c(OC(F)(F)F)c(C(F)F)n1. The number of ether oxygens (including phenoxy) is 1. The molecule has 0 aliphatic heterocycles. The summed E-state index contributed by atoms with van der Waals surface area (Å²) in [4.78, 5) is 10.1. The van der Waals surface area contributed by atoms with Crippen LogP contribution >= 0.6 is 10.7 Å². The Hall–Kier alpha value is -1.76. The number of aromatic nitrogens is 1. The first-order chi connectivity index (χ1) is 9.33. The van der Waals surface area contributed by atoms with Gasteiger partial charge >= 0.3 is 18.6 Å². The van der Waals surface area contributed by atoms with Crippen LogP contribution in [-0.2, 0) is 9.05 Å². The van der Waals surface area contributed by atoms with Gasteiger partial charge in [-0.25, -0.2) is 17.2 Å². The molecule has 0 bridgehead atoms. The van der Waals surface area contributed by atoms with E-state index in [4.69, 9.17) is 10.7 Å². The quantitative estimate of drug-likeness (QED) is 0.356. The predicted octanol–water partition coefficient (Wildman–Crippen LogP) is 2.75. The van der Waals surface area contributed by atoms with E-state index >= 15 is 0 Å². The Balaban J connectivity index is 3.75. The van der Waals surface area contributed by atoms with Crippen LogP contribution in [0.3, 0.4) is 0 Å². The molecule has 0 saturated carbocycles. The molecule has 0 spiro atoms. The van der Waals surface area contributed by atoms with E-state index in [2.05, 4.69) is 9.72 Å². The summed E-state index contributed by atoms with van der Waals surface area (Å²) in [5.41, 5.74) is -1.87. The normalized spacial score (nSPS) is 12.5. The fourth-order valence-electron chi connectivity index (χ4n) is 1.16. The molecule has 7 nitrogen and oxygen atoms in total. The van der Waals surface area contributed by atoms with Gasteiger partial charge in [0.2, 0.25) is 5.75 Å². The summed E-state index contributed by atoms with van der Waals surface area (Å²) in [6.07, 6.45) is -9.32. The summed E-state index contributed by atoms with van der Waals surface area (Å²) >= 11 is 0. The smallest absolute Gasteiger partial charge is 0.400 e. The Labute approximate surface area is 116 Å². The predicted molar refractivity (Wildman–Crippen MR) is 55.6 cm³/mol. The highest BCUT2D eigenvalue weighted by atomic mass is 35.7. The molecule has 0 unspecified atom stereocenters. The van der Waals surface area contributed by atoms with Crippen LogP contribution in [0.5, 0.6) is 5.75 Å². The molecule has 21 heavy (non-hydrogen) atoms. The lowest BCUT2D eigenvalue weighted by atomic mass is 10.3. The van der Waals surface area contributed by atoms with Gasteiger partial charge in [-0.05, 0) is 9.91 Å². The minimum atomic E-state index is -5.54. The third kappa shape index (κ3) is 4.35. The third-order valence-corrected chi connectivity index (χ3v) is 3.15. The van der Waals surface area contributed by atoms with Gasteiger partial charge in [-0.15, -0.1) is 13.2 Å². The molecule has 0 aliphatic carbocycles. The summed E-state index contributed by atoms with van der Waals surface area (Å²) < 4.78 is 87.1. The minimum absolute atomic E-state index is 0.0186. The van der Waals surface area contributed by atoms with Crippen molar-refractivity contribution >= 4 is 25.6 Å². The largest absolute Gasteiger partial charge is 0.573 e. The van der Waals surface area contributed by atoms with Gasteiger partial charge in [0.25, 0.3) is 14.7 Å². The molecular formula is C7H2ClF5N2O5S. The van der Waals surface area contributed by atoms with Crippen molar-refractivity contribution in [3.8, 4) is 5.75 Å². The van der Waals surface area contributed by atoms with Gasteiger partial charge in [-0.2, -0.15) is 0 Å². The number of nitrogens with zero attached hydrogens (tertiary/aromatic N) is 2. The molecule has 0 fully saturated rings. The van der Waals surface area contributed by atoms with E-state index in [1.54, 1.807) is 0 Å². The molecule has 0 amide bonds. The fraction of sp³-hybridized carbons (Fsp3) is 0.286. The number of hydrogen-bond donors (Lipinski definition) is 0. The van der Waals surface area contributed by atoms with Crippen LogP contribution < -0.4 is 4.74 Å². The summed E-state index contributed by atoms with van der Waals surface area (Å²) in [6, 6.07) is -0.0186. The molecule has 14 heteroatoms. The zero-order valence-electron chi connectivity index (χ0n) is 9.27. The van der Waals surface area contributed by atoms with Gasteiger partial charge in [0.05, 0.1) is 6.07 Å². The van der Waals surface area contributed by atoms with E-state index in [1.807, 2.05) is 0 Å². The second kappa shape index (κ2) is 5.55. The van der Waals surface area contributed by atoms with Gasteiger partial charge in [-0.3, -0.25) is 0 Å². The Morgan fingerprint density at radius 3 is 2.24 bits per heavy atom. The molecule has 0 saturated heterocycles. The molecule has 0 aliphatic rings. The topological polar surface area (TPSA) is 99.4 Å². The highest BCUT2D eigenvalue weighted by molar-refractivity contribution is 8.13. The summed E-state index contributed by atoms with van der Waals surface area (Å²) in [7, 11) is -0.273. The lowest BCUT2D eigenvalue weighted by Gasteiger charge is -2.12. The highest BCUT2D eigenvalue weighted by Crippen LogP contribution is 2.39. The molecule has 1 heterocycles. The maximum absolute atomic E-state index is 12.6. The molecule has 1 aromatic rings. The molecule has 0 radical (unpaired) electrons. The molecule has 118 valence electrons. The maximum atomic E-state index is 12.6. The van der Waals surface area contributed by atoms with Crippen molar-refractivity contribution in [1.29, 1.82) is 0 Å². The number of hydrogen-bond acceptors (Lipinski definition) is 6. The summed E-state index contributed by atoms with van der Waals surface area (Å²) in [5.74, 6) is -3.35. The van der Waals surface area contributed by atoms with E-state index in [9.17, 15) is 40.5 Å². The van der Waals surface area contributed by atoms with Crippen LogP contribution in [0.1, 0.15) is 12.1 Å². The molecule has 0 atom stereocenters. The first kappa shape index (κ1) is 17.3. The van der Waals surface area contributed by atoms with Crippen LogP contribution in [0.15, 0.2) is 11.0 Å². The Morgan fingerprint density at radius 2 is 1.90 bits per heavy atom. The van der Waals surface area contributed by atoms with E-state index in [1.165, 1.54) is 0 Å². The maximum Gasteiger partial charge on any atom is 0.573 e. The minimum Gasteiger partial charge on any atom is -0.400 e. The van der Waals surface area contributed by atoms with Gasteiger partial charge in [0.1, 0.15) is 4.90 Å². The second-order valence-corrected chi connectivity index (χ2v) is 5.77. The van der Waals surface area contributed by atoms with Crippen LogP contribution in [0.2, 0.25) is 0 Å². The fourth-order valence-corrected chi connectivity index (χ4v) is 2.11. The van der Waals surface area contributed by atoms with E-state index in [-0.39, 0.29) is 6.07 Å². The number of nitro groups is 1. The van der Waals surface area contributed by atoms with Gasteiger partial charge in [0.15, 0.2) is 0 Å². The van der Waals surface area contributed by atoms with Gasteiger partial charge in [-0.1, -0.05) is 0 Å². The van der Waals surface area contributed by atoms with Crippen molar-refractivity contribution in [2.24, 2.45) is 0 Å². The van der Waals surface area contributed by atoms with E-state index in [0.29, 0.717) is 0 Å². The zero-order valence-corrected chi connectivity index (χ0v) is 10.8. The third-order valence-electron chi connectivity index (χ3n) is 1.83. The first-order valence-electron chi connectivity index (χ1n) is 4.51. The second-order valence-electron chi connectivity index (χ2n) is 3.24. The average Bonchev–Trinajstić information content (AvgIpc) is 2.24. The van der Waals surface area contributed by atoms with Gasteiger partial charge in [0, 0.05) is 10.7 Å². The monoisotopic (exact) mass is 356 g/mol. The zero-order chi connectivity index (χ0) is 16.6. The molecule has 0 N–H and O–H groups in total. The molecule has 0 aromatic carbocycles. The molecule has 1 aromatic heterocycles. The van der Waals surface area contributed by atoms with E-state index < -0.39 is 48.9 Å². The van der Waals surface area contributed by atoms with E-state index in [0.717, 1.165) is 0 Å². The summed E-state index contributed by atoms with van der Waals surface area (Å²) in [6.45, 7) is 0. The van der Waals surface area contributed by atoms with Crippen LogP contribution in [0, 0.1) is 10.1 Å². The molecular weight excluding hydrogens is 355 g/mol. The van der Waals surface area contributed by atoms with Crippen molar-refractivity contribution in [2.45, 2.75) is 17.7 Å². The Bertz CT molecular complexity index is 677. The van der Waals surface area contributed by atoms with Crippen LogP contribution in [0.25, 0.3) is 0 Å². The number of pyridine rings is 1. The number of rotatable bonds is 4. The van der Waals surface area contributed by atoms with Crippen molar-refractivity contribution in [3.05, 3.63) is 21.9 Å².